The van der Waals surface area contributed by atoms with Crippen LogP contribution in [0.2, 0.25) is 0 Å². The molecule has 0 atom stereocenters. The van der Waals surface area contributed by atoms with Crippen LogP contribution in [0.1, 0.15) is 28.2 Å². The highest BCUT2D eigenvalue weighted by Crippen LogP contribution is 2.28. The fraction of sp³-hybridized carbons (Fsp3) is 0.375. The van der Waals surface area contributed by atoms with Gasteiger partial charge in [-0.3, -0.25) is 9.69 Å². The molecule has 0 radical (unpaired) electrons. The van der Waals surface area contributed by atoms with Crippen molar-refractivity contribution < 1.29 is 13.6 Å². The Bertz CT molecular complexity index is 878. The number of rotatable bonds is 3. The van der Waals surface area contributed by atoms with Crippen LogP contribution in [0.3, 0.4) is 0 Å². The van der Waals surface area contributed by atoms with Crippen LogP contribution in [0.25, 0.3) is 5.57 Å². The van der Waals surface area contributed by atoms with Crippen LogP contribution >= 0.6 is 0 Å². The molecule has 3 heterocycles. The SMILES string of the molecule is Cn1nnnc1C1=CCN(CN2Cc3c(F)ccc(F)c3C2=O)CC1. The average molecular weight is 346 g/mol. The number of halogens is 2. The molecule has 1 amide bonds. The summed E-state index contributed by atoms with van der Waals surface area (Å²) < 4.78 is 29.3. The summed E-state index contributed by atoms with van der Waals surface area (Å²) in [6.45, 7) is 1.75. The minimum atomic E-state index is -0.667. The number of carbonyl (C=O) groups is 1. The Morgan fingerprint density at radius 2 is 2.04 bits per heavy atom. The van der Waals surface area contributed by atoms with Crippen molar-refractivity contribution in [1.82, 2.24) is 30.0 Å². The molecule has 0 saturated carbocycles. The fourth-order valence-corrected chi connectivity index (χ4v) is 3.30. The molecule has 0 N–H and O–H groups in total. The summed E-state index contributed by atoms with van der Waals surface area (Å²) >= 11 is 0. The first-order valence-electron chi connectivity index (χ1n) is 7.95. The first-order chi connectivity index (χ1) is 12.0. The van der Waals surface area contributed by atoms with E-state index in [-0.39, 0.29) is 17.7 Å². The van der Waals surface area contributed by atoms with Crippen LogP contribution in [0, 0.1) is 11.6 Å². The molecule has 0 bridgehead atoms. The fourth-order valence-electron chi connectivity index (χ4n) is 3.30. The Morgan fingerprint density at radius 3 is 2.68 bits per heavy atom. The van der Waals surface area contributed by atoms with Gasteiger partial charge in [0.2, 0.25) is 0 Å². The zero-order chi connectivity index (χ0) is 17.6. The highest BCUT2D eigenvalue weighted by Gasteiger charge is 2.34. The summed E-state index contributed by atoms with van der Waals surface area (Å²) in [5.41, 5.74) is 1.05. The lowest BCUT2D eigenvalue weighted by Crippen LogP contribution is -2.40. The molecule has 0 saturated heterocycles. The number of tetrazole rings is 1. The molecule has 2 aliphatic rings. The number of amides is 1. The molecule has 2 aliphatic heterocycles. The quantitative estimate of drug-likeness (QED) is 0.835. The highest BCUT2D eigenvalue weighted by molar-refractivity contribution is 5.98. The molecule has 2 aromatic rings. The molecule has 1 aromatic heterocycles. The van der Waals surface area contributed by atoms with Crippen LogP contribution < -0.4 is 0 Å². The number of carbonyl (C=O) groups excluding carboxylic acids is 1. The van der Waals surface area contributed by atoms with E-state index in [0.717, 1.165) is 30.0 Å². The molecule has 1 aromatic carbocycles. The number of hydrogen-bond donors (Lipinski definition) is 0. The van der Waals surface area contributed by atoms with Gasteiger partial charge in [0, 0.05) is 25.7 Å². The lowest BCUT2D eigenvalue weighted by atomic mass is 10.1. The van der Waals surface area contributed by atoms with Gasteiger partial charge < -0.3 is 4.90 Å². The van der Waals surface area contributed by atoms with Crippen LogP contribution in [-0.4, -0.2) is 55.7 Å². The van der Waals surface area contributed by atoms with Gasteiger partial charge in [-0.25, -0.2) is 13.5 Å². The molecule has 9 heteroatoms. The molecule has 0 fully saturated rings. The van der Waals surface area contributed by atoms with Gasteiger partial charge in [-0.15, -0.1) is 5.10 Å². The van der Waals surface area contributed by atoms with Crippen molar-refractivity contribution in [2.75, 3.05) is 19.8 Å². The third-order valence-corrected chi connectivity index (χ3v) is 4.63. The van der Waals surface area contributed by atoms with Crippen molar-refractivity contribution in [3.8, 4) is 0 Å². The normalized spacial score (nSPS) is 17.8. The van der Waals surface area contributed by atoms with Crippen molar-refractivity contribution in [3.05, 3.63) is 46.8 Å². The molecule has 7 nitrogen and oxygen atoms in total. The second-order valence-corrected chi connectivity index (χ2v) is 6.21. The maximum absolute atomic E-state index is 13.9. The molecular formula is C16H16F2N6O. The number of aromatic nitrogens is 4. The summed E-state index contributed by atoms with van der Waals surface area (Å²) in [5.74, 6) is -0.935. The molecule has 4 rings (SSSR count). The molecular weight excluding hydrogens is 330 g/mol. The van der Waals surface area contributed by atoms with Crippen molar-refractivity contribution in [3.63, 3.8) is 0 Å². The van der Waals surface area contributed by atoms with Crippen LogP contribution in [-0.2, 0) is 13.6 Å². The monoisotopic (exact) mass is 346 g/mol. The Hall–Kier alpha value is -2.68. The number of benzene rings is 1. The van der Waals surface area contributed by atoms with E-state index in [9.17, 15) is 13.6 Å². The lowest BCUT2D eigenvalue weighted by Gasteiger charge is -2.29. The van der Waals surface area contributed by atoms with Gasteiger partial charge >= 0.3 is 0 Å². The highest BCUT2D eigenvalue weighted by atomic mass is 19.1. The van der Waals surface area contributed by atoms with E-state index in [1.165, 1.54) is 4.90 Å². The van der Waals surface area contributed by atoms with E-state index >= 15 is 0 Å². The summed E-state index contributed by atoms with van der Waals surface area (Å²) in [7, 11) is 1.78. The van der Waals surface area contributed by atoms with Gasteiger partial charge in [0.15, 0.2) is 5.82 Å². The first-order valence-corrected chi connectivity index (χ1v) is 7.95. The minimum absolute atomic E-state index is 0.0953. The van der Waals surface area contributed by atoms with Gasteiger partial charge in [-0.1, -0.05) is 6.08 Å². The lowest BCUT2D eigenvalue weighted by molar-refractivity contribution is 0.0657. The van der Waals surface area contributed by atoms with Crippen LogP contribution in [0.15, 0.2) is 18.2 Å². The average Bonchev–Trinajstić information content (AvgIpc) is 3.17. The Morgan fingerprint density at radius 1 is 1.24 bits per heavy atom. The van der Waals surface area contributed by atoms with Crippen LogP contribution in [0.4, 0.5) is 8.78 Å². The molecule has 0 aliphatic carbocycles. The smallest absolute Gasteiger partial charge is 0.258 e. The van der Waals surface area contributed by atoms with Gasteiger partial charge in [0.05, 0.1) is 18.8 Å². The molecule has 25 heavy (non-hydrogen) atoms. The number of nitrogens with zero attached hydrogens (tertiary/aromatic N) is 6. The van der Waals surface area contributed by atoms with Gasteiger partial charge in [0.1, 0.15) is 11.6 Å². The zero-order valence-electron chi connectivity index (χ0n) is 13.6. The topological polar surface area (TPSA) is 67.2 Å². The molecule has 130 valence electrons. The van der Waals surface area contributed by atoms with Gasteiger partial charge in [0.25, 0.3) is 5.91 Å². The van der Waals surface area contributed by atoms with Gasteiger partial charge in [-0.05, 0) is 34.6 Å². The minimum Gasteiger partial charge on any atom is -0.321 e. The van der Waals surface area contributed by atoms with E-state index in [1.54, 1.807) is 11.7 Å². The first kappa shape index (κ1) is 15.8. The van der Waals surface area contributed by atoms with Crippen molar-refractivity contribution >= 4 is 11.5 Å². The van der Waals surface area contributed by atoms with Crippen molar-refractivity contribution in [2.45, 2.75) is 13.0 Å². The maximum Gasteiger partial charge on any atom is 0.258 e. The summed E-state index contributed by atoms with van der Waals surface area (Å²) in [6.07, 6.45) is 2.76. The maximum atomic E-state index is 13.9. The molecule has 0 unspecified atom stereocenters. The van der Waals surface area contributed by atoms with Gasteiger partial charge in [-0.2, -0.15) is 0 Å². The van der Waals surface area contributed by atoms with Crippen molar-refractivity contribution in [2.24, 2.45) is 7.05 Å². The Balaban J connectivity index is 1.46. The standard InChI is InChI=1S/C16H16F2N6O/c1-22-15(19-20-21-22)10-4-6-23(7-5-10)9-24-8-11-12(17)2-3-13(18)14(11)16(24)25/h2-4H,5-9H2,1H3. The second kappa shape index (κ2) is 5.99. The van der Waals surface area contributed by atoms with E-state index < -0.39 is 17.5 Å². The third-order valence-electron chi connectivity index (χ3n) is 4.63. The predicted octanol–water partition coefficient (Wildman–Crippen LogP) is 1.19. The predicted molar refractivity (Wildman–Crippen MR) is 84.1 cm³/mol. The number of fused-ring (bicyclic) bond motifs is 1. The summed E-state index contributed by atoms with van der Waals surface area (Å²) in [5, 5.41) is 11.4. The Kier molecular flexibility index (Phi) is 3.79. The van der Waals surface area contributed by atoms with E-state index in [2.05, 4.69) is 15.5 Å². The van der Waals surface area contributed by atoms with E-state index in [0.29, 0.717) is 19.8 Å². The number of hydrogen-bond acceptors (Lipinski definition) is 5. The molecule has 0 spiro atoms. The third kappa shape index (κ3) is 2.70. The van der Waals surface area contributed by atoms with E-state index in [1.807, 2.05) is 11.0 Å². The summed E-state index contributed by atoms with van der Waals surface area (Å²) in [6, 6.07) is 2.07. The van der Waals surface area contributed by atoms with E-state index in [4.69, 9.17) is 0 Å². The Labute approximate surface area is 142 Å². The summed E-state index contributed by atoms with van der Waals surface area (Å²) in [4.78, 5) is 15.9. The zero-order valence-corrected chi connectivity index (χ0v) is 13.6. The van der Waals surface area contributed by atoms with Crippen molar-refractivity contribution in [1.29, 1.82) is 0 Å². The number of aryl methyl sites for hydroxylation is 1. The second-order valence-electron chi connectivity index (χ2n) is 6.21. The van der Waals surface area contributed by atoms with Crippen LogP contribution in [0.5, 0.6) is 0 Å². The largest absolute Gasteiger partial charge is 0.321 e.